The Morgan fingerprint density at radius 3 is 1.87 bits per heavy atom. The molecular formula is C35H48N8O10. The lowest BCUT2D eigenvalue weighted by Crippen LogP contribution is -2.63. The lowest BCUT2D eigenvalue weighted by atomic mass is 10.0. The van der Waals surface area contributed by atoms with Gasteiger partial charge in [-0.2, -0.15) is 0 Å². The highest BCUT2D eigenvalue weighted by atomic mass is 16.3. The second kappa shape index (κ2) is 19.9. The van der Waals surface area contributed by atoms with Gasteiger partial charge in [-0.3, -0.25) is 33.6 Å². The first-order chi connectivity index (χ1) is 25.1. The number of hydrogen-bond donors (Lipinski definition) is 11. The number of aliphatic hydroxyl groups is 2. The van der Waals surface area contributed by atoms with Crippen LogP contribution in [0.1, 0.15) is 31.9 Å². The molecule has 18 heteroatoms. The highest BCUT2D eigenvalue weighted by molar-refractivity contribution is 5.98. The van der Waals surface area contributed by atoms with E-state index in [4.69, 9.17) is 5.73 Å². The van der Waals surface area contributed by atoms with Crippen molar-refractivity contribution in [2.24, 2.45) is 11.7 Å². The molecule has 7 atom stereocenters. The zero-order chi connectivity index (χ0) is 39.2. The van der Waals surface area contributed by atoms with Crippen LogP contribution in [0.25, 0.3) is 0 Å². The van der Waals surface area contributed by atoms with E-state index < -0.39 is 109 Å². The number of amides is 7. The minimum atomic E-state index is -1.57. The number of carbonyl (C=O) groups is 7. The molecule has 1 aliphatic heterocycles. The van der Waals surface area contributed by atoms with Crippen LogP contribution in [-0.2, 0) is 46.4 Å². The molecule has 0 radical (unpaired) electrons. The summed E-state index contributed by atoms with van der Waals surface area (Å²) in [6.45, 7) is 2.40. The topological polar surface area (TPSA) is 290 Å². The number of phenols is 1. The Labute approximate surface area is 306 Å². The van der Waals surface area contributed by atoms with Crippen LogP contribution in [0.4, 0.5) is 0 Å². The van der Waals surface area contributed by atoms with Gasteiger partial charge in [0.05, 0.1) is 13.2 Å². The van der Waals surface area contributed by atoms with Gasteiger partial charge in [-0.1, -0.05) is 56.3 Å². The predicted molar refractivity (Wildman–Crippen MR) is 189 cm³/mol. The fourth-order valence-corrected chi connectivity index (χ4v) is 5.23. The van der Waals surface area contributed by atoms with Gasteiger partial charge < -0.3 is 58.3 Å². The molecule has 1 heterocycles. The molecule has 0 unspecified atom stereocenters. The predicted octanol–water partition coefficient (Wildman–Crippen LogP) is -3.80. The van der Waals surface area contributed by atoms with E-state index in [-0.39, 0.29) is 18.6 Å². The first kappa shape index (κ1) is 41.8. The maximum atomic E-state index is 13.9. The summed E-state index contributed by atoms with van der Waals surface area (Å²) in [5.74, 6) is -6.58. The molecule has 2 aromatic rings. The van der Waals surface area contributed by atoms with Crippen molar-refractivity contribution in [3.63, 3.8) is 0 Å². The van der Waals surface area contributed by atoms with E-state index in [1.807, 2.05) is 0 Å². The van der Waals surface area contributed by atoms with E-state index in [0.717, 1.165) is 0 Å². The summed E-state index contributed by atoms with van der Waals surface area (Å²) in [5, 5.41) is 46.5. The van der Waals surface area contributed by atoms with Crippen molar-refractivity contribution < 1.29 is 48.9 Å². The van der Waals surface area contributed by atoms with E-state index in [1.165, 1.54) is 31.2 Å². The van der Waals surface area contributed by atoms with Gasteiger partial charge in [-0.05, 0) is 36.1 Å². The Kier molecular flexibility index (Phi) is 15.7. The lowest BCUT2D eigenvalue weighted by molar-refractivity contribution is -0.136. The number of rotatable bonds is 11. The van der Waals surface area contributed by atoms with Crippen molar-refractivity contribution in [1.29, 1.82) is 0 Å². The van der Waals surface area contributed by atoms with Gasteiger partial charge in [-0.15, -0.1) is 0 Å². The van der Waals surface area contributed by atoms with Gasteiger partial charge in [0, 0.05) is 19.4 Å². The van der Waals surface area contributed by atoms with E-state index in [2.05, 4.69) is 37.2 Å². The van der Waals surface area contributed by atoms with Crippen LogP contribution in [0.3, 0.4) is 0 Å². The molecule has 0 aliphatic carbocycles. The first-order valence-corrected chi connectivity index (χ1v) is 17.0. The Morgan fingerprint density at radius 2 is 1.30 bits per heavy atom. The van der Waals surface area contributed by atoms with Crippen LogP contribution < -0.4 is 43.0 Å². The summed E-state index contributed by atoms with van der Waals surface area (Å²) in [6.07, 6.45) is -0.138. The molecule has 0 spiro atoms. The van der Waals surface area contributed by atoms with E-state index in [0.29, 0.717) is 11.1 Å². The minimum Gasteiger partial charge on any atom is -0.508 e. The number of benzene rings is 2. The number of carbonyl (C=O) groups excluding carboxylic acids is 7. The summed E-state index contributed by atoms with van der Waals surface area (Å²) in [4.78, 5) is 93.5. The standard InChI is InChI=1S/C35H48N8O10/c1-18(2)28(43-30(48)23(36)16-44)35(53)41-26-15-37-31(49)24(13-20-7-5-4-6-8-20)39-32(50)25(14-21-9-11-22(46)12-10-21)40-34(52)27(17-45)42-29(47)19(3)38-33(26)51/h4-12,18-19,23-28,44-46H,13-17,36H2,1-3H3,(H,37,49)(H,38,51)(H,39,50)(H,40,52)(H,41,53)(H,42,47)(H,43,48)/t19-,23-,24-,25-,26-,27-,28-/m0/s1. The van der Waals surface area contributed by atoms with Crippen LogP contribution in [0.5, 0.6) is 5.75 Å². The number of nitrogens with one attached hydrogen (secondary N) is 7. The van der Waals surface area contributed by atoms with Crippen molar-refractivity contribution >= 4 is 41.4 Å². The second-order valence-electron chi connectivity index (χ2n) is 13.0. The van der Waals surface area contributed by atoms with Gasteiger partial charge >= 0.3 is 0 Å². The van der Waals surface area contributed by atoms with Crippen molar-refractivity contribution in [3.05, 3.63) is 65.7 Å². The van der Waals surface area contributed by atoms with Crippen LogP contribution in [0, 0.1) is 5.92 Å². The van der Waals surface area contributed by atoms with Crippen LogP contribution in [-0.4, -0.2) is 119 Å². The van der Waals surface area contributed by atoms with Gasteiger partial charge in [0.15, 0.2) is 0 Å². The molecule has 288 valence electrons. The third-order valence-corrected chi connectivity index (χ3v) is 8.39. The summed E-state index contributed by atoms with van der Waals surface area (Å²) < 4.78 is 0. The molecule has 1 saturated heterocycles. The zero-order valence-corrected chi connectivity index (χ0v) is 29.6. The summed E-state index contributed by atoms with van der Waals surface area (Å²) in [6, 6.07) is 4.92. The summed E-state index contributed by atoms with van der Waals surface area (Å²) >= 11 is 0. The SMILES string of the molecule is CC(C)[C@H](NC(=O)[C@@H](N)CO)C(=O)N[C@H]1CNC(=O)[C@H](Cc2ccccc2)NC(=O)[C@H](Cc2ccc(O)cc2)NC(=O)[C@H](CO)NC(=O)[C@H](C)NC1=O. The van der Waals surface area contributed by atoms with Crippen LogP contribution in [0.2, 0.25) is 0 Å². The molecule has 0 bridgehead atoms. The number of hydrogen-bond acceptors (Lipinski definition) is 11. The van der Waals surface area contributed by atoms with Gasteiger partial charge in [-0.25, -0.2) is 0 Å². The average Bonchev–Trinajstić information content (AvgIpc) is 3.13. The fraction of sp³-hybridized carbons (Fsp3) is 0.457. The minimum absolute atomic E-state index is 0.0273. The van der Waals surface area contributed by atoms with Gasteiger partial charge in [0.1, 0.15) is 48.0 Å². The van der Waals surface area contributed by atoms with Crippen molar-refractivity contribution in [3.8, 4) is 5.75 Å². The molecule has 2 aromatic carbocycles. The molecule has 0 aromatic heterocycles. The molecule has 0 saturated carbocycles. The van der Waals surface area contributed by atoms with E-state index in [9.17, 15) is 48.9 Å². The first-order valence-electron chi connectivity index (χ1n) is 17.0. The van der Waals surface area contributed by atoms with Crippen LogP contribution in [0.15, 0.2) is 54.6 Å². The Morgan fingerprint density at radius 1 is 0.755 bits per heavy atom. The van der Waals surface area contributed by atoms with Crippen molar-refractivity contribution in [1.82, 2.24) is 37.2 Å². The number of aromatic hydroxyl groups is 1. The zero-order valence-electron chi connectivity index (χ0n) is 29.6. The second-order valence-corrected chi connectivity index (χ2v) is 13.0. The highest BCUT2D eigenvalue weighted by Crippen LogP contribution is 2.13. The van der Waals surface area contributed by atoms with Gasteiger partial charge in [0.25, 0.3) is 0 Å². The Bertz CT molecular complexity index is 1610. The summed E-state index contributed by atoms with van der Waals surface area (Å²) in [5.41, 5.74) is 6.77. The molecule has 1 aliphatic rings. The fourth-order valence-electron chi connectivity index (χ4n) is 5.23. The maximum absolute atomic E-state index is 13.9. The molecule has 53 heavy (non-hydrogen) atoms. The molecular weight excluding hydrogens is 692 g/mol. The summed E-state index contributed by atoms with van der Waals surface area (Å²) in [7, 11) is 0. The molecule has 1 fully saturated rings. The highest BCUT2D eigenvalue weighted by Gasteiger charge is 2.34. The third kappa shape index (κ3) is 12.5. The monoisotopic (exact) mass is 740 g/mol. The lowest BCUT2D eigenvalue weighted by Gasteiger charge is -2.29. The Hall–Kier alpha value is -5.59. The van der Waals surface area contributed by atoms with Gasteiger partial charge in [0.2, 0.25) is 41.4 Å². The average molecular weight is 741 g/mol. The molecule has 12 N–H and O–H groups in total. The number of nitrogens with two attached hydrogens (primary N) is 1. The number of phenolic OH excluding ortho intramolecular Hbond substituents is 1. The molecule has 18 nitrogen and oxygen atoms in total. The van der Waals surface area contributed by atoms with Crippen molar-refractivity contribution in [2.75, 3.05) is 19.8 Å². The van der Waals surface area contributed by atoms with Crippen molar-refractivity contribution in [2.45, 2.75) is 75.9 Å². The van der Waals surface area contributed by atoms with E-state index in [1.54, 1.807) is 44.2 Å². The van der Waals surface area contributed by atoms with Crippen LogP contribution >= 0.6 is 0 Å². The molecule has 3 rings (SSSR count). The van der Waals surface area contributed by atoms with E-state index >= 15 is 0 Å². The third-order valence-electron chi connectivity index (χ3n) is 8.39. The normalized spacial score (nSPS) is 23.0. The smallest absolute Gasteiger partial charge is 0.245 e. The molecule has 7 amide bonds. The largest absolute Gasteiger partial charge is 0.508 e. The Balaban J connectivity index is 2.00. The quantitative estimate of drug-likeness (QED) is 0.106. The number of aliphatic hydroxyl groups excluding tert-OH is 2. The maximum Gasteiger partial charge on any atom is 0.245 e.